The number of ether oxygens (including phenoxy) is 1. The lowest BCUT2D eigenvalue weighted by Gasteiger charge is -2.28. The van der Waals surface area contributed by atoms with E-state index < -0.39 is 5.60 Å². The van der Waals surface area contributed by atoms with Crippen LogP contribution in [0.4, 0.5) is 0 Å². The molecule has 0 aromatic heterocycles. The molecule has 0 bridgehead atoms. The Kier molecular flexibility index (Phi) is 6.65. The summed E-state index contributed by atoms with van der Waals surface area (Å²) >= 11 is 0. The number of benzene rings is 1. The smallest absolute Gasteiger partial charge is 0.257 e. The molecule has 0 saturated carbocycles. The average Bonchev–Trinajstić information content (AvgIpc) is 2.43. The molecule has 0 radical (unpaired) electrons. The van der Waals surface area contributed by atoms with Crippen LogP contribution in [0, 0.1) is 0 Å². The van der Waals surface area contributed by atoms with Gasteiger partial charge < -0.3 is 15.2 Å². The Bertz CT molecular complexity index is 455. The third-order valence-electron chi connectivity index (χ3n) is 3.06. The highest BCUT2D eigenvalue weighted by molar-refractivity contribution is 5.77. The zero-order valence-electron chi connectivity index (χ0n) is 13.3. The Hall–Kier alpha value is -1.59. The number of hydrogen-bond acceptors (Lipinski definition) is 4. The summed E-state index contributed by atoms with van der Waals surface area (Å²) in [4.78, 5) is 13.4. The van der Waals surface area contributed by atoms with Crippen LogP contribution in [0.3, 0.4) is 0 Å². The lowest BCUT2D eigenvalue weighted by Crippen LogP contribution is -2.38. The van der Waals surface area contributed by atoms with Crippen molar-refractivity contribution in [2.24, 2.45) is 0 Å². The number of aliphatic hydroxyl groups is 1. The molecule has 0 aliphatic heterocycles. The van der Waals surface area contributed by atoms with E-state index in [1.807, 2.05) is 24.3 Å². The zero-order valence-corrected chi connectivity index (χ0v) is 13.3. The van der Waals surface area contributed by atoms with Gasteiger partial charge in [0.25, 0.3) is 5.91 Å². The van der Waals surface area contributed by atoms with Crippen molar-refractivity contribution in [3.05, 3.63) is 29.8 Å². The van der Waals surface area contributed by atoms with Crippen LogP contribution < -0.4 is 10.1 Å². The summed E-state index contributed by atoms with van der Waals surface area (Å²) in [7, 11) is 1.58. The first-order valence-corrected chi connectivity index (χ1v) is 7.21. The number of nitrogens with one attached hydrogen (secondary N) is 1. The molecule has 1 rings (SSSR count). The van der Waals surface area contributed by atoms with E-state index in [1.54, 1.807) is 20.9 Å². The first-order chi connectivity index (χ1) is 9.85. The fourth-order valence-corrected chi connectivity index (χ4v) is 2.06. The molecule has 0 fully saturated rings. The van der Waals surface area contributed by atoms with Crippen LogP contribution in [0.25, 0.3) is 0 Å². The van der Waals surface area contributed by atoms with Crippen molar-refractivity contribution >= 4 is 5.91 Å². The number of carbonyl (C=O) groups is 1. The van der Waals surface area contributed by atoms with Crippen LogP contribution >= 0.6 is 0 Å². The maximum absolute atomic E-state index is 11.3. The molecule has 5 heteroatoms. The van der Waals surface area contributed by atoms with E-state index in [4.69, 9.17) is 4.74 Å². The second-order valence-electron chi connectivity index (χ2n) is 5.69. The van der Waals surface area contributed by atoms with E-state index in [0.29, 0.717) is 18.8 Å². The number of rotatable bonds is 8. The lowest BCUT2D eigenvalue weighted by molar-refractivity contribution is -0.122. The fourth-order valence-electron chi connectivity index (χ4n) is 2.06. The maximum atomic E-state index is 11.3. The molecule has 0 spiro atoms. The summed E-state index contributed by atoms with van der Waals surface area (Å²) in [6.45, 7) is 7.73. The third kappa shape index (κ3) is 6.60. The predicted octanol–water partition coefficient (Wildman–Crippen LogP) is 1.40. The SMILES string of the molecule is CCN(Cc1ccccc1OCC(=O)NC)CC(C)(C)O. The topological polar surface area (TPSA) is 61.8 Å². The number of likely N-dealkylation sites (N-methyl/N-ethyl adjacent to an activating group) is 2. The zero-order chi connectivity index (χ0) is 15.9. The Morgan fingerprint density at radius 3 is 2.62 bits per heavy atom. The molecule has 0 unspecified atom stereocenters. The second-order valence-corrected chi connectivity index (χ2v) is 5.69. The minimum atomic E-state index is -0.742. The van der Waals surface area contributed by atoms with Crippen molar-refractivity contribution in [1.29, 1.82) is 0 Å². The molecule has 1 aromatic carbocycles. The minimum absolute atomic E-state index is 0.00509. The fraction of sp³-hybridized carbons (Fsp3) is 0.562. The van der Waals surface area contributed by atoms with Crippen molar-refractivity contribution in [3.8, 4) is 5.75 Å². The molecule has 118 valence electrons. The molecular formula is C16H26N2O3. The Labute approximate surface area is 126 Å². The highest BCUT2D eigenvalue weighted by Gasteiger charge is 2.18. The van der Waals surface area contributed by atoms with Crippen LogP contribution in [0.1, 0.15) is 26.3 Å². The van der Waals surface area contributed by atoms with Gasteiger partial charge in [-0.25, -0.2) is 0 Å². The van der Waals surface area contributed by atoms with Gasteiger partial charge in [-0.1, -0.05) is 25.1 Å². The summed E-state index contributed by atoms with van der Waals surface area (Å²) in [5.74, 6) is 0.545. The van der Waals surface area contributed by atoms with E-state index in [2.05, 4.69) is 17.1 Å². The van der Waals surface area contributed by atoms with Crippen molar-refractivity contribution in [2.75, 3.05) is 26.7 Å². The van der Waals surface area contributed by atoms with Gasteiger partial charge in [-0.2, -0.15) is 0 Å². The average molecular weight is 294 g/mol. The summed E-state index contributed by atoms with van der Waals surface area (Å²) < 4.78 is 5.56. The van der Waals surface area contributed by atoms with Gasteiger partial charge in [0, 0.05) is 25.7 Å². The molecule has 2 N–H and O–H groups in total. The Balaban J connectivity index is 2.75. The van der Waals surface area contributed by atoms with Gasteiger partial charge in [-0.3, -0.25) is 9.69 Å². The quantitative estimate of drug-likeness (QED) is 0.761. The lowest BCUT2D eigenvalue weighted by atomic mass is 10.1. The standard InChI is InChI=1S/C16H26N2O3/c1-5-18(12-16(2,3)20)10-13-8-6-7-9-14(13)21-11-15(19)17-4/h6-9,20H,5,10-12H2,1-4H3,(H,17,19). The number of amides is 1. The van der Waals surface area contributed by atoms with Crippen molar-refractivity contribution in [1.82, 2.24) is 10.2 Å². The molecule has 0 aliphatic rings. The number of carbonyl (C=O) groups excluding carboxylic acids is 1. The molecule has 0 atom stereocenters. The van der Waals surface area contributed by atoms with E-state index in [0.717, 1.165) is 12.1 Å². The summed E-state index contributed by atoms with van der Waals surface area (Å²) in [6, 6.07) is 7.66. The van der Waals surface area contributed by atoms with E-state index in [1.165, 1.54) is 0 Å². The van der Waals surface area contributed by atoms with Gasteiger partial charge in [0.1, 0.15) is 5.75 Å². The minimum Gasteiger partial charge on any atom is -0.483 e. The van der Waals surface area contributed by atoms with Gasteiger partial charge >= 0.3 is 0 Å². The second kappa shape index (κ2) is 8.00. The summed E-state index contributed by atoms with van der Waals surface area (Å²) in [6.07, 6.45) is 0. The molecular weight excluding hydrogens is 268 g/mol. The first kappa shape index (κ1) is 17.5. The third-order valence-corrected chi connectivity index (χ3v) is 3.06. The van der Waals surface area contributed by atoms with Crippen LogP contribution in [0.15, 0.2) is 24.3 Å². The Morgan fingerprint density at radius 2 is 2.05 bits per heavy atom. The highest BCUT2D eigenvalue weighted by atomic mass is 16.5. The number of nitrogens with zero attached hydrogens (tertiary/aromatic N) is 1. The molecule has 0 aliphatic carbocycles. The molecule has 0 saturated heterocycles. The molecule has 5 nitrogen and oxygen atoms in total. The van der Waals surface area contributed by atoms with Crippen LogP contribution in [0.5, 0.6) is 5.75 Å². The normalized spacial score (nSPS) is 11.5. The highest BCUT2D eigenvalue weighted by Crippen LogP contribution is 2.20. The number of hydrogen-bond donors (Lipinski definition) is 2. The molecule has 1 aromatic rings. The monoisotopic (exact) mass is 294 g/mol. The van der Waals surface area contributed by atoms with Crippen LogP contribution in [0.2, 0.25) is 0 Å². The van der Waals surface area contributed by atoms with Gasteiger partial charge in [0.15, 0.2) is 6.61 Å². The van der Waals surface area contributed by atoms with E-state index >= 15 is 0 Å². The van der Waals surface area contributed by atoms with E-state index in [-0.39, 0.29) is 12.5 Å². The summed E-state index contributed by atoms with van der Waals surface area (Å²) in [5.41, 5.74) is 0.265. The van der Waals surface area contributed by atoms with Gasteiger partial charge in [-0.05, 0) is 26.5 Å². The first-order valence-electron chi connectivity index (χ1n) is 7.21. The predicted molar refractivity (Wildman–Crippen MR) is 83.3 cm³/mol. The van der Waals surface area contributed by atoms with Crippen LogP contribution in [-0.4, -0.2) is 48.3 Å². The van der Waals surface area contributed by atoms with Crippen molar-refractivity contribution in [3.63, 3.8) is 0 Å². The van der Waals surface area contributed by atoms with Gasteiger partial charge in [-0.15, -0.1) is 0 Å². The van der Waals surface area contributed by atoms with Crippen molar-refractivity contribution in [2.45, 2.75) is 32.9 Å². The molecule has 1 amide bonds. The molecule has 21 heavy (non-hydrogen) atoms. The maximum Gasteiger partial charge on any atom is 0.257 e. The number of para-hydroxylation sites is 1. The van der Waals surface area contributed by atoms with Crippen molar-refractivity contribution < 1.29 is 14.6 Å². The van der Waals surface area contributed by atoms with Gasteiger partial charge in [0.2, 0.25) is 0 Å². The van der Waals surface area contributed by atoms with Gasteiger partial charge in [0.05, 0.1) is 5.60 Å². The Morgan fingerprint density at radius 1 is 1.38 bits per heavy atom. The summed E-state index contributed by atoms with van der Waals surface area (Å²) in [5, 5.41) is 12.5. The molecule has 0 heterocycles. The van der Waals surface area contributed by atoms with Crippen LogP contribution in [-0.2, 0) is 11.3 Å². The largest absolute Gasteiger partial charge is 0.483 e. The van der Waals surface area contributed by atoms with E-state index in [9.17, 15) is 9.90 Å².